The molecule has 0 aliphatic carbocycles. The molecule has 2 nitrogen and oxygen atoms in total. The minimum Gasteiger partial charge on any atom is -0.494 e. The summed E-state index contributed by atoms with van der Waals surface area (Å²) >= 11 is 0. The molecule has 1 aromatic carbocycles. The van der Waals surface area contributed by atoms with E-state index in [9.17, 15) is 0 Å². The standard InChI is InChI=1S/C12H15NO/c1-4-14-12-6-5-11-10(9(12)3)7-8(2)13-11/h5-7,13H,4H2,1-3H3. The molecule has 0 radical (unpaired) electrons. The molecule has 2 heteroatoms. The van der Waals surface area contributed by atoms with Crippen LogP contribution in [-0.2, 0) is 0 Å². The number of hydrogen-bond donors (Lipinski definition) is 1. The summed E-state index contributed by atoms with van der Waals surface area (Å²) in [6.07, 6.45) is 0. The first-order valence-corrected chi connectivity index (χ1v) is 4.94. The zero-order valence-electron chi connectivity index (χ0n) is 8.85. The van der Waals surface area contributed by atoms with E-state index in [1.165, 1.54) is 22.2 Å². The quantitative estimate of drug-likeness (QED) is 0.771. The molecule has 0 atom stereocenters. The summed E-state index contributed by atoms with van der Waals surface area (Å²) in [4.78, 5) is 3.31. The third-order valence-corrected chi connectivity index (χ3v) is 2.46. The average Bonchev–Trinajstić information content (AvgIpc) is 2.52. The summed E-state index contributed by atoms with van der Waals surface area (Å²) in [5.74, 6) is 0.985. The lowest BCUT2D eigenvalue weighted by Gasteiger charge is -2.06. The van der Waals surface area contributed by atoms with Crippen LogP contribution in [0.15, 0.2) is 18.2 Å². The molecular weight excluding hydrogens is 174 g/mol. The Hall–Kier alpha value is -1.44. The number of aryl methyl sites for hydroxylation is 2. The lowest BCUT2D eigenvalue weighted by Crippen LogP contribution is -1.93. The lowest BCUT2D eigenvalue weighted by molar-refractivity contribution is 0.338. The van der Waals surface area contributed by atoms with Gasteiger partial charge in [-0.2, -0.15) is 0 Å². The molecule has 1 N–H and O–H groups in total. The Kier molecular flexibility index (Phi) is 2.20. The molecule has 0 aliphatic heterocycles. The van der Waals surface area contributed by atoms with Crippen LogP contribution in [0.25, 0.3) is 10.9 Å². The highest BCUT2D eigenvalue weighted by Crippen LogP contribution is 2.27. The van der Waals surface area contributed by atoms with Gasteiger partial charge in [-0.15, -0.1) is 0 Å². The van der Waals surface area contributed by atoms with Gasteiger partial charge in [0.05, 0.1) is 6.61 Å². The maximum atomic E-state index is 5.54. The van der Waals surface area contributed by atoms with E-state index in [2.05, 4.69) is 31.0 Å². The van der Waals surface area contributed by atoms with Gasteiger partial charge in [0.15, 0.2) is 0 Å². The SMILES string of the molecule is CCOc1ccc2[nH]c(C)cc2c1C. The van der Waals surface area contributed by atoms with Crippen LogP contribution in [0.1, 0.15) is 18.2 Å². The molecule has 1 heterocycles. The van der Waals surface area contributed by atoms with Crippen molar-refractivity contribution in [2.75, 3.05) is 6.61 Å². The van der Waals surface area contributed by atoms with E-state index >= 15 is 0 Å². The van der Waals surface area contributed by atoms with Crippen LogP contribution in [0.4, 0.5) is 0 Å². The molecule has 0 unspecified atom stereocenters. The summed E-state index contributed by atoms with van der Waals surface area (Å²) in [5, 5.41) is 1.26. The molecule has 0 saturated carbocycles. The van der Waals surface area contributed by atoms with Crippen molar-refractivity contribution < 1.29 is 4.74 Å². The number of H-pyrrole nitrogens is 1. The van der Waals surface area contributed by atoms with Gasteiger partial charge in [0, 0.05) is 22.2 Å². The van der Waals surface area contributed by atoms with Gasteiger partial charge in [-0.05, 0) is 39.0 Å². The molecule has 0 fully saturated rings. The van der Waals surface area contributed by atoms with Gasteiger partial charge < -0.3 is 9.72 Å². The van der Waals surface area contributed by atoms with E-state index in [4.69, 9.17) is 4.74 Å². The Bertz CT molecular complexity index is 457. The highest BCUT2D eigenvalue weighted by Gasteiger charge is 2.05. The van der Waals surface area contributed by atoms with Crippen LogP contribution >= 0.6 is 0 Å². The second kappa shape index (κ2) is 3.37. The van der Waals surface area contributed by atoms with Crippen molar-refractivity contribution in [2.24, 2.45) is 0 Å². The van der Waals surface area contributed by atoms with Gasteiger partial charge in [-0.3, -0.25) is 0 Å². The summed E-state index contributed by atoms with van der Waals surface area (Å²) in [7, 11) is 0. The van der Waals surface area contributed by atoms with E-state index in [1.54, 1.807) is 0 Å². The van der Waals surface area contributed by atoms with Gasteiger partial charge >= 0.3 is 0 Å². The van der Waals surface area contributed by atoms with Crippen LogP contribution < -0.4 is 4.74 Å². The molecule has 0 spiro atoms. The number of fused-ring (bicyclic) bond motifs is 1. The predicted molar refractivity (Wildman–Crippen MR) is 58.9 cm³/mol. The highest BCUT2D eigenvalue weighted by atomic mass is 16.5. The van der Waals surface area contributed by atoms with E-state index in [0.717, 1.165) is 12.4 Å². The zero-order valence-corrected chi connectivity index (χ0v) is 8.85. The molecule has 0 aliphatic rings. The Morgan fingerprint density at radius 2 is 2.07 bits per heavy atom. The van der Waals surface area contributed by atoms with Crippen LogP contribution in [0.3, 0.4) is 0 Å². The highest BCUT2D eigenvalue weighted by molar-refractivity contribution is 5.85. The van der Waals surface area contributed by atoms with Gasteiger partial charge in [0.25, 0.3) is 0 Å². The number of aromatic amines is 1. The van der Waals surface area contributed by atoms with Crippen molar-refractivity contribution in [3.8, 4) is 5.75 Å². The maximum Gasteiger partial charge on any atom is 0.122 e. The van der Waals surface area contributed by atoms with Crippen molar-refractivity contribution in [3.63, 3.8) is 0 Å². The van der Waals surface area contributed by atoms with Gasteiger partial charge in [-0.1, -0.05) is 0 Å². The van der Waals surface area contributed by atoms with Crippen molar-refractivity contribution in [1.29, 1.82) is 0 Å². The summed E-state index contributed by atoms with van der Waals surface area (Å²) in [6, 6.07) is 6.25. The number of nitrogens with one attached hydrogen (secondary N) is 1. The minimum atomic E-state index is 0.718. The fraction of sp³-hybridized carbons (Fsp3) is 0.333. The van der Waals surface area contributed by atoms with Crippen LogP contribution in [0.5, 0.6) is 5.75 Å². The number of benzene rings is 1. The van der Waals surface area contributed by atoms with Gasteiger partial charge in [-0.25, -0.2) is 0 Å². The largest absolute Gasteiger partial charge is 0.494 e. The Labute approximate surface area is 83.9 Å². The molecule has 1 aromatic heterocycles. The monoisotopic (exact) mass is 189 g/mol. The minimum absolute atomic E-state index is 0.718. The maximum absolute atomic E-state index is 5.54. The summed E-state index contributed by atoms with van der Waals surface area (Å²) < 4.78 is 5.54. The molecule has 2 rings (SSSR count). The first-order valence-electron chi connectivity index (χ1n) is 4.94. The summed E-state index contributed by atoms with van der Waals surface area (Å²) in [6.45, 7) is 6.89. The first-order chi connectivity index (χ1) is 6.72. The van der Waals surface area contributed by atoms with Crippen LogP contribution in [0, 0.1) is 13.8 Å². The van der Waals surface area contributed by atoms with Crippen molar-refractivity contribution in [2.45, 2.75) is 20.8 Å². The van der Waals surface area contributed by atoms with Crippen LogP contribution in [0.2, 0.25) is 0 Å². The Morgan fingerprint density at radius 3 is 2.79 bits per heavy atom. The van der Waals surface area contributed by atoms with Crippen molar-refractivity contribution in [1.82, 2.24) is 4.98 Å². The normalized spacial score (nSPS) is 10.8. The fourth-order valence-corrected chi connectivity index (χ4v) is 1.78. The predicted octanol–water partition coefficient (Wildman–Crippen LogP) is 3.18. The second-order valence-corrected chi connectivity index (χ2v) is 3.54. The lowest BCUT2D eigenvalue weighted by atomic mass is 10.1. The van der Waals surface area contributed by atoms with E-state index < -0.39 is 0 Å². The van der Waals surface area contributed by atoms with E-state index in [0.29, 0.717) is 0 Å². The molecule has 14 heavy (non-hydrogen) atoms. The molecule has 0 bridgehead atoms. The Morgan fingerprint density at radius 1 is 1.29 bits per heavy atom. The van der Waals surface area contributed by atoms with E-state index in [-0.39, 0.29) is 0 Å². The number of rotatable bonds is 2. The molecule has 0 saturated heterocycles. The number of aromatic nitrogens is 1. The molecule has 0 amide bonds. The van der Waals surface area contributed by atoms with Crippen LogP contribution in [-0.4, -0.2) is 11.6 Å². The summed E-state index contributed by atoms with van der Waals surface area (Å²) in [5.41, 5.74) is 3.59. The van der Waals surface area contributed by atoms with Gasteiger partial charge in [0.2, 0.25) is 0 Å². The molecule has 74 valence electrons. The smallest absolute Gasteiger partial charge is 0.122 e. The zero-order chi connectivity index (χ0) is 10.1. The fourth-order valence-electron chi connectivity index (χ4n) is 1.78. The van der Waals surface area contributed by atoms with E-state index in [1.807, 2.05) is 13.0 Å². The molecular formula is C12H15NO. The molecule has 2 aromatic rings. The van der Waals surface area contributed by atoms with Gasteiger partial charge in [0.1, 0.15) is 5.75 Å². The number of ether oxygens (including phenoxy) is 1. The first kappa shape index (κ1) is 9.13. The topological polar surface area (TPSA) is 25.0 Å². The number of hydrogen-bond acceptors (Lipinski definition) is 1. The average molecular weight is 189 g/mol. The Balaban J connectivity index is 2.61. The third-order valence-electron chi connectivity index (χ3n) is 2.46. The third kappa shape index (κ3) is 1.37. The second-order valence-electron chi connectivity index (χ2n) is 3.54. The van der Waals surface area contributed by atoms with Crippen molar-refractivity contribution in [3.05, 3.63) is 29.5 Å². The van der Waals surface area contributed by atoms with Crippen molar-refractivity contribution >= 4 is 10.9 Å².